The largest absolute Gasteiger partial charge is 0.496 e. The minimum atomic E-state index is -3.88. The lowest BCUT2D eigenvalue weighted by atomic mass is 9.90. The maximum absolute atomic E-state index is 12.4. The van der Waals surface area contributed by atoms with Crippen LogP contribution in [-0.2, 0) is 22.9 Å². The highest BCUT2D eigenvalue weighted by molar-refractivity contribution is 9.10. The third-order valence-corrected chi connectivity index (χ3v) is 7.39. The Morgan fingerprint density at radius 1 is 1.35 bits per heavy atom. The van der Waals surface area contributed by atoms with Gasteiger partial charge in [0.2, 0.25) is 0 Å². The molecule has 0 fully saturated rings. The fourth-order valence-electron chi connectivity index (χ4n) is 2.87. The summed E-state index contributed by atoms with van der Waals surface area (Å²) in [5, 5.41) is 0. The molecule has 1 atom stereocenters. The van der Waals surface area contributed by atoms with Crippen molar-refractivity contribution >= 4 is 43.2 Å². The molecule has 1 aliphatic rings. The van der Waals surface area contributed by atoms with E-state index < -0.39 is 15.9 Å². The van der Waals surface area contributed by atoms with Crippen LogP contribution < -0.4 is 15.0 Å². The van der Waals surface area contributed by atoms with E-state index in [1.165, 1.54) is 47.1 Å². The summed E-state index contributed by atoms with van der Waals surface area (Å²) >= 11 is 4.68. The number of aryl methyl sites for hydroxylation is 1. The standard InChI is InChI=1S/C17H19BrN2O4S2/c1-10-3-6-15-11(7-10)8-16(25-15)17(21)19-20-26(22,23)12-4-5-14(24-2)13(18)9-12/h4-5,8-10,20H,3,6-7H2,1-2H3,(H,19,21). The zero-order valence-electron chi connectivity index (χ0n) is 14.3. The molecule has 140 valence electrons. The molecule has 3 rings (SSSR count). The molecule has 0 saturated heterocycles. The first-order valence-corrected chi connectivity index (χ1v) is 11.2. The maximum atomic E-state index is 12.4. The molecular weight excluding hydrogens is 440 g/mol. The molecule has 6 nitrogen and oxygen atoms in total. The van der Waals surface area contributed by atoms with Gasteiger partial charge in [-0.15, -0.1) is 16.2 Å². The summed E-state index contributed by atoms with van der Waals surface area (Å²) in [7, 11) is -2.39. The molecule has 9 heteroatoms. The van der Waals surface area contributed by atoms with Gasteiger partial charge >= 0.3 is 0 Å². The molecule has 0 bridgehead atoms. The number of benzene rings is 1. The summed E-state index contributed by atoms with van der Waals surface area (Å²) in [5.74, 6) is 0.680. The number of halogens is 1. The number of rotatable bonds is 5. The number of ether oxygens (including phenoxy) is 1. The number of carbonyl (C=O) groups is 1. The van der Waals surface area contributed by atoms with Gasteiger partial charge in [-0.2, -0.15) is 0 Å². The molecule has 1 amide bonds. The van der Waals surface area contributed by atoms with Crippen LogP contribution in [-0.4, -0.2) is 21.4 Å². The van der Waals surface area contributed by atoms with E-state index in [4.69, 9.17) is 4.74 Å². The lowest BCUT2D eigenvalue weighted by Gasteiger charge is -2.16. The number of sulfonamides is 1. The predicted molar refractivity (Wildman–Crippen MR) is 104 cm³/mol. The molecule has 0 radical (unpaired) electrons. The van der Waals surface area contributed by atoms with Gasteiger partial charge in [-0.3, -0.25) is 10.2 Å². The third kappa shape index (κ3) is 4.11. The monoisotopic (exact) mass is 458 g/mol. The summed E-state index contributed by atoms with van der Waals surface area (Å²) in [6.07, 6.45) is 3.05. The maximum Gasteiger partial charge on any atom is 0.276 e. The predicted octanol–water partition coefficient (Wildman–Crippen LogP) is 3.27. The number of nitrogens with one attached hydrogen (secondary N) is 2. The van der Waals surface area contributed by atoms with Crippen molar-refractivity contribution < 1.29 is 17.9 Å². The van der Waals surface area contributed by atoms with Gasteiger partial charge in [0.25, 0.3) is 15.9 Å². The highest BCUT2D eigenvalue weighted by Crippen LogP contribution is 2.32. The van der Waals surface area contributed by atoms with Crippen LogP contribution in [0.4, 0.5) is 0 Å². The Labute approximate surface area is 165 Å². The average Bonchev–Trinajstić information content (AvgIpc) is 3.02. The van der Waals surface area contributed by atoms with Crippen LogP contribution in [0, 0.1) is 5.92 Å². The Bertz CT molecular complexity index is 940. The number of methoxy groups -OCH3 is 1. The molecule has 2 aromatic rings. The second kappa shape index (κ2) is 7.67. The fraction of sp³-hybridized carbons (Fsp3) is 0.353. The van der Waals surface area contributed by atoms with Crippen LogP contribution in [0.1, 0.15) is 33.5 Å². The van der Waals surface area contributed by atoms with Crippen molar-refractivity contribution in [3.05, 3.63) is 44.1 Å². The van der Waals surface area contributed by atoms with E-state index in [0.717, 1.165) is 19.3 Å². The molecule has 0 saturated carbocycles. The smallest absolute Gasteiger partial charge is 0.276 e. The molecule has 1 aliphatic carbocycles. The summed E-state index contributed by atoms with van der Waals surface area (Å²) < 4.78 is 30.3. The number of carbonyl (C=O) groups excluding carboxylic acids is 1. The van der Waals surface area contributed by atoms with E-state index in [1.807, 2.05) is 6.07 Å². The average molecular weight is 459 g/mol. The highest BCUT2D eigenvalue weighted by atomic mass is 79.9. The number of fused-ring (bicyclic) bond motifs is 1. The molecule has 0 spiro atoms. The van der Waals surface area contributed by atoms with Gasteiger partial charge in [-0.1, -0.05) is 6.92 Å². The topological polar surface area (TPSA) is 84.5 Å². The van der Waals surface area contributed by atoms with E-state index >= 15 is 0 Å². The van der Waals surface area contributed by atoms with Gasteiger partial charge < -0.3 is 4.74 Å². The van der Waals surface area contributed by atoms with Crippen LogP contribution in [0.25, 0.3) is 0 Å². The third-order valence-electron chi connectivity index (χ3n) is 4.29. The normalized spacial score (nSPS) is 16.8. The Balaban J connectivity index is 1.70. The van der Waals surface area contributed by atoms with Crippen LogP contribution in [0.15, 0.2) is 33.6 Å². The first-order valence-electron chi connectivity index (χ1n) is 8.07. The molecule has 1 aromatic heterocycles. The Morgan fingerprint density at radius 2 is 2.12 bits per heavy atom. The lowest BCUT2D eigenvalue weighted by Crippen LogP contribution is -2.41. The summed E-state index contributed by atoms with van der Waals surface area (Å²) in [5.41, 5.74) is 3.49. The molecular formula is C17H19BrN2O4S2. The Morgan fingerprint density at radius 3 is 2.81 bits per heavy atom. The summed E-state index contributed by atoms with van der Waals surface area (Å²) in [4.78, 5) is 16.2. The molecule has 2 N–H and O–H groups in total. The van der Waals surface area contributed by atoms with Crippen molar-refractivity contribution in [2.45, 2.75) is 31.1 Å². The van der Waals surface area contributed by atoms with Crippen LogP contribution in [0.5, 0.6) is 5.75 Å². The zero-order valence-corrected chi connectivity index (χ0v) is 17.6. The van der Waals surface area contributed by atoms with Gasteiger partial charge in [-0.25, -0.2) is 8.42 Å². The molecule has 1 heterocycles. The first-order chi connectivity index (χ1) is 12.3. The Hall–Kier alpha value is -1.42. The quantitative estimate of drug-likeness (QED) is 0.673. The second-order valence-corrected chi connectivity index (χ2v) is 9.94. The van der Waals surface area contributed by atoms with Gasteiger partial charge in [0.05, 0.1) is 21.4 Å². The van der Waals surface area contributed by atoms with Crippen LogP contribution in [0.3, 0.4) is 0 Å². The molecule has 1 aromatic carbocycles. The van der Waals surface area contributed by atoms with Gasteiger partial charge in [0.1, 0.15) is 5.75 Å². The number of thiophene rings is 1. The second-order valence-electron chi connectivity index (χ2n) is 6.26. The van der Waals surface area contributed by atoms with Crippen molar-refractivity contribution in [3.8, 4) is 5.75 Å². The molecule has 1 unspecified atom stereocenters. The van der Waals surface area contributed by atoms with Gasteiger partial charge in [-0.05, 0) is 70.9 Å². The fourth-order valence-corrected chi connectivity index (χ4v) is 5.53. The molecule has 0 aliphatic heterocycles. The van der Waals surface area contributed by atoms with Gasteiger partial charge in [0, 0.05) is 4.88 Å². The minimum Gasteiger partial charge on any atom is -0.496 e. The van der Waals surface area contributed by atoms with Crippen molar-refractivity contribution in [1.82, 2.24) is 10.3 Å². The van der Waals surface area contributed by atoms with E-state index in [-0.39, 0.29) is 4.90 Å². The van der Waals surface area contributed by atoms with Crippen LogP contribution >= 0.6 is 27.3 Å². The number of hydrazine groups is 1. The number of hydrogen-bond acceptors (Lipinski definition) is 5. The molecule has 26 heavy (non-hydrogen) atoms. The van der Waals surface area contributed by atoms with Crippen molar-refractivity contribution in [3.63, 3.8) is 0 Å². The summed E-state index contributed by atoms with van der Waals surface area (Å²) in [6, 6.07) is 6.22. The van der Waals surface area contributed by atoms with Crippen molar-refractivity contribution in [2.24, 2.45) is 5.92 Å². The van der Waals surface area contributed by atoms with E-state index in [2.05, 4.69) is 33.1 Å². The van der Waals surface area contributed by atoms with E-state index in [9.17, 15) is 13.2 Å². The van der Waals surface area contributed by atoms with E-state index in [0.29, 0.717) is 21.0 Å². The highest BCUT2D eigenvalue weighted by Gasteiger charge is 2.22. The van der Waals surface area contributed by atoms with Crippen LogP contribution in [0.2, 0.25) is 0 Å². The first kappa shape index (κ1) is 19.3. The summed E-state index contributed by atoms with van der Waals surface area (Å²) in [6.45, 7) is 2.20. The van der Waals surface area contributed by atoms with Gasteiger partial charge in [0.15, 0.2) is 0 Å². The van der Waals surface area contributed by atoms with E-state index in [1.54, 1.807) is 0 Å². The Kier molecular flexibility index (Phi) is 5.71. The minimum absolute atomic E-state index is 0.0183. The number of hydrogen-bond donors (Lipinski definition) is 2. The number of amides is 1. The zero-order chi connectivity index (χ0) is 18.9. The van der Waals surface area contributed by atoms with Crippen molar-refractivity contribution in [2.75, 3.05) is 7.11 Å². The lowest BCUT2D eigenvalue weighted by molar-refractivity contribution is 0.0949. The SMILES string of the molecule is COc1ccc(S(=O)(=O)NNC(=O)c2cc3c(s2)CCC(C)C3)cc1Br. The van der Waals surface area contributed by atoms with Crippen molar-refractivity contribution in [1.29, 1.82) is 0 Å².